The molecule has 0 amide bonds. The average Bonchev–Trinajstić information content (AvgIpc) is 3.29. The number of methoxy groups -OCH3 is 2. The molecule has 1 aliphatic rings. The number of alkyl halides is 3. The third-order valence-corrected chi connectivity index (χ3v) is 3.96. The maximum Gasteiger partial charge on any atom is 0.398 e. The van der Waals surface area contributed by atoms with Crippen molar-refractivity contribution in [3.05, 3.63) is 35.4 Å². The largest absolute Gasteiger partial charge is 0.468 e. The predicted octanol–water partition coefficient (Wildman–Crippen LogP) is 2.71. The van der Waals surface area contributed by atoms with Crippen molar-refractivity contribution in [3.8, 4) is 0 Å². The summed E-state index contributed by atoms with van der Waals surface area (Å²) in [5, 5.41) is 0. The van der Waals surface area contributed by atoms with Crippen LogP contribution < -0.4 is 0 Å². The van der Waals surface area contributed by atoms with Gasteiger partial charge in [0.1, 0.15) is 0 Å². The van der Waals surface area contributed by atoms with E-state index < -0.39 is 29.4 Å². The lowest BCUT2D eigenvalue weighted by Gasteiger charge is -2.20. The summed E-state index contributed by atoms with van der Waals surface area (Å²) >= 11 is 0. The van der Waals surface area contributed by atoms with Crippen LogP contribution in [-0.4, -0.2) is 32.3 Å². The Morgan fingerprint density at radius 1 is 1.05 bits per heavy atom. The fraction of sp³-hybridized carbons (Fsp3) is 0.467. The Labute approximate surface area is 125 Å². The zero-order chi connectivity index (χ0) is 16.5. The third kappa shape index (κ3) is 2.67. The van der Waals surface area contributed by atoms with Crippen LogP contribution in [0.25, 0.3) is 0 Å². The van der Waals surface area contributed by atoms with Crippen LogP contribution in [0.1, 0.15) is 29.9 Å². The molecule has 0 aromatic heterocycles. The number of carbonyl (C=O) groups excluding carboxylic acids is 2. The SMILES string of the molecule is COC(=O)C(C(=O)OC)c1ccc(C2(C(F)(F)F)CC2)cc1. The topological polar surface area (TPSA) is 52.6 Å². The van der Waals surface area contributed by atoms with Gasteiger partial charge in [0.25, 0.3) is 0 Å². The first-order chi connectivity index (χ1) is 10.3. The number of benzene rings is 1. The van der Waals surface area contributed by atoms with Crippen LogP contribution >= 0.6 is 0 Å². The molecule has 0 spiro atoms. The second-order valence-corrected chi connectivity index (χ2v) is 5.18. The van der Waals surface area contributed by atoms with E-state index in [4.69, 9.17) is 0 Å². The Morgan fingerprint density at radius 2 is 1.50 bits per heavy atom. The van der Waals surface area contributed by atoms with Crippen LogP contribution in [-0.2, 0) is 24.5 Å². The highest BCUT2D eigenvalue weighted by Gasteiger charge is 2.64. The molecule has 7 heteroatoms. The van der Waals surface area contributed by atoms with Gasteiger partial charge in [-0.25, -0.2) is 0 Å². The van der Waals surface area contributed by atoms with Gasteiger partial charge in [0, 0.05) is 0 Å². The van der Waals surface area contributed by atoms with Crippen LogP contribution in [0.3, 0.4) is 0 Å². The predicted molar refractivity (Wildman–Crippen MR) is 70.2 cm³/mol. The van der Waals surface area contributed by atoms with Gasteiger partial charge < -0.3 is 9.47 Å². The van der Waals surface area contributed by atoms with Gasteiger partial charge in [-0.15, -0.1) is 0 Å². The molecule has 1 aliphatic carbocycles. The van der Waals surface area contributed by atoms with Gasteiger partial charge in [-0.3, -0.25) is 9.59 Å². The summed E-state index contributed by atoms with van der Waals surface area (Å²) in [7, 11) is 2.24. The van der Waals surface area contributed by atoms with E-state index in [9.17, 15) is 22.8 Å². The molecule has 1 aromatic rings. The minimum absolute atomic E-state index is 0.0489. The lowest BCUT2D eigenvalue weighted by Crippen LogP contribution is -2.29. The van der Waals surface area contributed by atoms with Gasteiger partial charge in [-0.2, -0.15) is 13.2 Å². The molecule has 4 nitrogen and oxygen atoms in total. The van der Waals surface area contributed by atoms with Crippen molar-refractivity contribution in [1.29, 1.82) is 0 Å². The molecular weight excluding hydrogens is 301 g/mol. The second-order valence-electron chi connectivity index (χ2n) is 5.18. The van der Waals surface area contributed by atoms with Gasteiger partial charge in [0.05, 0.1) is 19.6 Å². The monoisotopic (exact) mass is 316 g/mol. The molecule has 2 rings (SSSR count). The number of carbonyl (C=O) groups is 2. The quantitative estimate of drug-likeness (QED) is 0.633. The summed E-state index contributed by atoms with van der Waals surface area (Å²) in [6, 6.07) is 5.27. The molecular formula is C15H15F3O4. The standard InChI is InChI=1S/C15H15F3O4/c1-21-12(19)11(13(20)22-2)9-3-5-10(6-4-9)14(7-8-14)15(16,17)18/h3-6,11H,7-8H2,1-2H3. The van der Waals surface area contributed by atoms with Gasteiger partial charge in [0.2, 0.25) is 0 Å². The van der Waals surface area contributed by atoms with Crippen LogP contribution in [0.15, 0.2) is 24.3 Å². The maximum absolute atomic E-state index is 13.1. The molecule has 0 saturated heterocycles. The number of ether oxygens (including phenoxy) is 2. The molecule has 0 aliphatic heterocycles. The summed E-state index contributed by atoms with van der Waals surface area (Å²) in [4.78, 5) is 23.3. The van der Waals surface area contributed by atoms with Gasteiger partial charge in [-0.1, -0.05) is 24.3 Å². The first kappa shape index (κ1) is 16.3. The summed E-state index contributed by atoms with van der Waals surface area (Å²) < 4.78 is 48.2. The highest BCUT2D eigenvalue weighted by molar-refractivity contribution is 6.00. The van der Waals surface area contributed by atoms with E-state index in [-0.39, 0.29) is 24.0 Å². The van der Waals surface area contributed by atoms with Gasteiger partial charge in [-0.05, 0) is 24.0 Å². The molecule has 22 heavy (non-hydrogen) atoms. The van der Waals surface area contributed by atoms with E-state index in [0.717, 1.165) is 14.2 Å². The van der Waals surface area contributed by atoms with Gasteiger partial charge >= 0.3 is 18.1 Å². The molecule has 120 valence electrons. The highest BCUT2D eigenvalue weighted by atomic mass is 19.4. The fourth-order valence-corrected chi connectivity index (χ4v) is 2.46. The minimum Gasteiger partial charge on any atom is -0.468 e. The minimum atomic E-state index is -4.31. The first-order valence-electron chi connectivity index (χ1n) is 6.59. The van der Waals surface area contributed by atoms with E-state index in [2.05, 4.69) is 9.47 Å². The van der Waals surface area contributed by atoms with E-state index in [0.29, 0.717) is 0 Å². The summed E-state index contributed by atoms with van der Waals surface area (Å²) in [6.07, 6.45) is -4.21. The Kier molecular flexibility index (Phi) is 4.17. The van der Waals surface area contributed by atoms with Crippen molar-refractivity contribution >= 4 is 11.9 Å². The Hall–Kier alpha value is -2.05. The lowest BCUT2D eigenvalue weighted by molar-refractivity contribution is -0.160. The van der Waals surface area contributed by atoms with Crippen LogP contribution in [0.5, 0.6) is 0 Å². The molecule has 0 bridgehead atoms. The fourth-order valence-electron chi connectivity index (χ4n) is 2.46. The molecule has 1 saturated carbocycles. The molecule has 1 aromatic carbocycles. The number of halogens is 3. The van der Waals surface area contributed by atoms with Gasteiger partial charge in [0.15, 0.2) is 5.92 Å². The van der Waals surface area contributed by atoms with Crippen molar-refractivity contribution in [2.75, 3.05) is 14.2 Å². The number of esters is 2. The molecule has 0 radical (unpaired) electrons. The van der Waals surface area contributed by atoms with Crippen LogP contribution in [0.2, 0.25) is 0 Å². The first-order valence-corrected chi connectivity index (χ1v) is 6.59. The Balaban J connectivity index is 2.32. The van der Waals surface area contributed by atoms with Crippen molar-refractivity contribution in [3.63, 3.8) is 0 Å². The van der Waals surface area contributed by atoms with Crippen molar-refractivity contribution in [1.82, 2.24) is 0 Å². The van der Waals surface area contributed by atoms with E-state index in [1.54, 1.807) is 0 Å². The summed E-state index contributed by atoms with van der Waals surface area (Å²) in [5.74, 6) is -2.95. The number of hydrogen-bond donors (Lipinski definition) is 0. The molecule has 0 heterocycles. The van der Waals surface area contributed by atoms with Crippen molar-refractivity contribution < 1.29 is 32.2 Å². The van der Waals surface area contributed by atoms with E-state index in [1.807, 2.05) is 0 Å². The zero-order valence-electron chi connectivity index (χ0n) is 12.1. The van der Waals surface area contributed by atoms with Crippen molar-refractivity contribution in [2.24, 2.45) is 0 Å². The number of rotatable bonds is 4. The Bertz CT molecular complexity index is 557. The van der Waals surface area contributed by atoms with Crippen LogP contribution in [0, 0.1) is 0 Å². The third-order valence-electron chi connectivity index (χ3n) is 3.96. The maximum atomic E-state index is 13.1. The zero-order valence-corrected chi connectivity index (χ0v) is 12.1. The van der Waals surface area contributed by atoms with Crippen molar-refractivity contribution in [2.45, 2.75) is 30.4 Å². The smallest absolute Gasteiger partial charge is 0.398 e. The Morgan fingerprint density at radius 3 is 1.82 bits per heavy atom. The van der Waals surface area contributed by atoms with Crippen LogP contribution in [0.4, 0.5) is 13.2 Å². The van der Waals surface area contributed by atoms with E-state index >= 15 is 0 Å². The molecule has 0 N–H and O–H groups in total. The normalized spacial score (nSPS) is 16.3. The molecule has 0 unspecified atom stereocenters. The summed E-state index contributed by atoms with van der Waals surface area (Å²) in [5.41, 5.74) is -1.42. The van der Waals surface area contributed by atoms with E-state index in [1.165, 1.54) is 24.3 Å². The number of hydrogen-bond acceptors (Lipinski definition) is 4. The average molecular weight is 316 g/mol. The highest BCUT2D eigenvalue weighted by Crippen LogP contribution is 2.58. The second kappa shape index (κ2) is 5.62. The summed E-state index contributed by atoms with van der Waals surface area (Å²) in [6.45, 7) is 0. The molecule has 0 atom stereocenters. The lowest BCUT2D eigenvalue weighted by atomic mass is 9.91. The molecule has 1 fully saturated rings.